The number of hydrogen-bond donors (Lipinski definition) is 3. The van der Waals surface area contributed by atoms with E-state index in [0.717, 1.165) is 83.5 Å². The molecule has 0 aliphatic heterocycles. The lowest BCUT2D eigenvalue weighted by molar-refractivity contribution is -0.159. The van der Waals surface area contributed by atoms with Crippen LogP contribution in [0.2, 0.25) is 0 Å². The molecule has 0 radical (unpaired) electrons. The van der Waals surface area contributed by atoms with Gasteiger partial charge < -0.3 is 24.8 Å². The second kappa shape index (κ2) is 25.5. The number of carboxylic acid groups (broad SMARTS) is 2. The number of carbonyl (C=O) groups is 4. The molecule has 0 saturated heterocycles. The standard InChI is InChI=1S/C31H54O9/c1-3-4-11-16-26(18-14-20-29(34)35)27(19-15-21-30(36)37)17-12-9-7-5-6-8-10-13-22-31(38)39-24-28(23-32)40-25(2)33/h9,12,26-28,32H,3-8,10-11,13-24H2,1-2H3,(H,34,35)(H,36,37). The Bertz CT molecular complexity index is 720. The summed E-state index contributed by atoms with van der Waals surface area (Å²) >= 11 is 0. The predicted molar refractivity (Wildman–Crippen MR) is 154 cm³/mol. The molecule has 0 amide bonds. The highest BCUT2D eigenvalue weighted by atomic mass is 16.6. The third-order valence-corrected chi connectivity index (χ3v) is 7.10. The third-order valence-electron chi connectivity index (χ3n) is 7.10. The van der Waals surface area contributed by atoms with Crippen molar-refractivity contribution in [3.05, 3.63) is 12.2 Å². The second-order valence-electron chi connectivity index (χ2n) is 10.7. The van der Waals surface area contributed by atoms with Gasteiger partial charge in [0.1, 0.15) is 6.61 Å². The number of aliphatic carboxylic acids is 2. The SMILES string of the molecule is CCCCCC(CCCC(=O)O)C(CC=CCCCCCCCC(=O)OCC(CO)OC(C)=O)CCCC(=O)O. The van der Waals surface area contributed by atoms with Gasteiger partial charge in [0.2, 0.25) is 0 Å². The predicted octanol–water partition coefficient (Wildman–Crippen LogP) is 6.45. The fraction of sp³-hybridized carbons (Fsp3) is 0.806. The van der Waals surface area contributed by atoms with Gasteiger partial charge in [0.15, 0.2) is 6.10 Å². The van der Waals surface area contributed by atoms with Crippen molar-refractivity contribution in [1.29, 1.82) is 0 Å². The van der Waals surface area contributed by atoms with Gasteiger partial charge >= 0.3 is 23.9 Å². The Hall–Kier alpha value is -2.42. The minimum atomic E-state index is -0.821. The topological polar surface area (TPSA) is 147 Å². The highest BCUT2D eigenvalue weighted by Gasteiger charge is 2.21. The largest absolute Gasteiger partial charge is 0.481 e. The zero-order valence-corrected chi connectivity index (χ0v) is 24.8. The number of unbranched alkanes of at least 4 members (excludes halogenated alkanes) is 7. The molecule has 0 aliphatic carbocycles. The molecule has 3 N–H and O–H groups in total. The molecule has 0 rings (SSSR count). The maximum atomic E-state index is 11.8. The van der Waals surface area contributed by atoms with Crippen LogP contribution in [0.4, 0.5) is 0 Å². The molecule has 3 unspecified atom stereocenters. The van der Waals surface area contributed by atoms with Crippen LogP contribution in [0.25, 0.3) is 0 Å². The molecule has 0 aromatic heterocycles. The zero-order valence-electron chi connectivity index (χ0n) is 24.8. The molecule has 0 fully saturated rings. The number of rotatable bonds is 27. The zero-order chi connectivity index (χ0) is 30.0. The average Bonchev–Trinajstić information content (AvgIpc) is 2.89. The summed E-state index contributed by atoms with van der Waals surface area (Å²) in [4.78, 5) is 44.8. The fourth-order valence-corrected chi connectivity index (χ4v) is 4.92. The molecular formula is C31H54O9. The van der Waals surface area contributed by atoms with Gasteiger partial charge in [-0.25, -0.2) is 0 Å². The minimum absolute atomic E-state index is 0.135. The van der Waals surface area contributed by atoms with Crippen LogP contribution < -0.4 is 0 Å². The normalized spacial score (nSPS) is 13.6. The highest BCUT2D eigenvalue weighted by molar-refractivity contribution is 5.69. The molecule has 0 aromatic rings. The molecule has 0 saturated carbocycles. The number of ether oxygens (including phenoxy) is 2. The first-order chi connectivity index (χ1) is 19.2. The molecule has 9 heteroatoms. The second-order valence-corrected chi connectivity index (χ2v) is 10.7. The van der Waals surface area contributed by atoms with Gasteiger partial charge in [-0.1, -0.05) is 64.0 Å². The summed E-state index contributed by atoms with van der Waals surface area (Å²) in [6, 6.07) is 0. The summed E-state index contributed by atoms with van der Waals surface area (Å²) < 4.78 is 9.89. The fourth-order valence-electron chi connectivity index (χ4n) is 4.92. The van der Waals surface area contributed by atoms with Gasteiger partial charge in [-0.05, 0) is 63.2 Å². The van der Waals surface area contributed by atoms with E-state index in [1.165, 1.54) is 6.92 Å². The smallest absolute Gasteiger partial charge is 0.305 e. The van der Waals surface area contributed by atoms with Crippen LogP contribution in [0.3, 0.4) is 0 Å². The van der Waals surface area contributed by atoms with Gasteiger partial charge in [-0.2, -0.15) is 0 Å². The summed E-state index contributed by atoms with van der Waals surface area (Å²) in [6.07, 6.45) is 18.5. The molecule has 0 aromatic carbocycles. The Balaban J connectivity index is 4.38. The number of esters is 2. The monoisotopic (exact) mass is 570 g/mol. The molecule has 40 heavy (non-hydrogen) atoms. The quantitative estimate of drug-likeness (QED) is 0.0575. The van der Waals surface area contributed by atoms with Crippen molar-refractivity contribution < 1.29 is 44.0 Å². The first-order valence-electron chi connectivity index (χ1n) is 15.2. The summed E-state index contributed by atoms with van der Waals surface area (Å²) in [5.74, 6) is -1.62. The van der Waals surface area contributed by atoms with Crippen LogP contribution in [0, 0.1) is 11.8 Å². The van der Waals surface area contributed by atoms with E-state index in [1.807, 2.05) is 0 Å². The van der Waals surface area contributed by atoms with Crippen molar-refractivity contribution >= 4 is 23.9 Å². The van der Waals surface area contributed by atoms with E-state index < -0.39 is 24.0 Å². The van der Waals surface area contributed by atoms with Gasteiger partial charge in [-0.15, -0.1) is 0 Å². The molecule has 0 spiro atoms. The Labute approximate surface area is 240 Å². The molecule has 232 valence electrons. The van der Waals surface area contributed by atoms with Crippen LogP contribution >= 0.6 is 0 Å². The van der Waals surface area contributed by atoms with Gasteiger partial charge in [-0.3, -0.25) is 19.2 Å². The van der Waals surface area contributed by atoms with Crippen LogP contribution in [0.5, 0.6) is 0 Å². The van der Waals surface area contributed by atoms with Crippen molar-refractivity contribution in [2.24, 2.45) is 11.8 Å². The summed E-state index contributed by atoms with van der Waals surface area (Å²) in [6.45, 7) is 2.88. The molecular weight excluding hydrogens is 516 g/mol. The van der Waals surface area contributed by atoms with Crippen molar-refractivity contribution in [1.82, 2.24) is 0 Å². The first kappa shape index (κ1) is 37.6. The molecule has 3 atom stereocenters. The van der Waals surface area contributed by atoms with Crippen LogP contribution in [0.15, 0.2) is 12.2 Å². The molecule has 0 heterocycles. The first-order valence-corrected chi connectivity index (χ1v) is 15.2. The number of aliphatic hydroxyl groups is 1. The van der Waals surface area contributed by atoms with Gasteiger partial charge in [0.05, 0.1) is 6.61 Å². The molecule has 0 aliphatic rings. The molecule has 9 nitrogen and oxygen atoms in total. The average molecular weight is 571 g/mol. The maximum absolute atomic E-state index is 11.8. The number of aliphatic hydroxyl groups excluding tert-OH is 1. The maximum Gasteiger partial charge on any atom is 0.305 e. The Morgan fingerprint density at radius 3 is 1.93 bits per heavy atom. The summed E-state index contributed by atoms with van der Waals surface area (Å²) in [7, 11) is 0. The van der Waals surface area contributed by atoms with Crippen molar-refractivity contribution in [2.75, 3.05) is 13.2 Å². The Morgan fingerprint density at radius 1 is 0.725 bits per heavy atom. The van der Waals surface area contributed by atoms with E-state index in [4.69, 9.17) is 24.8 Å². The Morgan fingerprint density at radius 2 is 1.32 bits per heavy atom. The molecule has 0 bridgehead atoms. The Kier molecular flexibility index (Phi) is 24.0. The lowest BCUT2D eigenvalue weighted by Crippen LogP contribution is -2.27. The van der Waals surface area contributed by atoms with E-state index in [-0.39, 0.29) is 32.0 Å². The van der Waals surface area contributed by atoms with Gasteiger partial charge in [0.25, 0.3) is 0 Å². The van der Waals surface area contributed by atoms with Crippen molar-refractivity contribution in [3.8, 4) is 0 Å². The van der Waals surface area contributed by atoms with Crippen molar-refractivity contribution in [3.63, 3.8) is 0 Å². The lowest BCUT2D eigenvalue weighted by atomic mass is 9.79. The van der Waals surface area contributed by atoms with E-state index in [9.17, 15) is 19.2 Å². The number of hydrogen-bond acceptors (Lipinski definition) is 7. The number of allylic oxidation sites excluding steroid dienone is 2. The van der Waals surface area contributed by atoms with E-state index >= 15 is 0 Å². The van der Waals surface area contributed by atoms with Crippen LogP contribution in [-0.4, -0.2) is 58.5 Å². The number of carbonyl (C=O) groups excluding carboxylic acids is 2. The third kappa shape index (κ3) is 23.5. The van der Waals surface area contributed by atoms with Crippen LogP contribution in [-0.2, 0) is 28.7 Å². The van der Waals surface area contributed by atoms with E-state index in [2.05, 4.69) is 19.1 Å². The summed E-state index contributed by atoms with van der Waals surface area (Å²) in [5.41, 5.74) is 0. The van der Waals surface area contributed by atoms with E-state index in [0.29, 0.717) is 31.1 Å². The highest BCUT2D eigenvalue weighted by Crippen LogP contribution is 2.32. The van der Waals surface area contributed by atoms with Gasteiger partial charge in [0, 0.05) is 26.2 Å². The van der Waals surface area contributed by atoms with E-state index in [1.54, 1.807) is 0 Å². The lowest BCUT2D eigenvalue weighted by Gasteiger charge is -2.27. The minimum Gasteiger partial charge on any atom is -0.481 e. The van der Waals surface area contributed by atoms with Crippen molar-refractivity contribution in [2.45, 2.75) is 136 Å². The summed E-state index contributed by atoms with van der Waals surface area (Å²) in [5, 5.41) is 27.2. The van der Waals surface area contributed by atoms with Crippen LogP contribution in [0.1, 0.15) is 129 Å². The number of carboxylic acids is 2.